The number of piperidine rings is 1. The summed E-state index contributed by atoms with van der Waals surface area (Å²) < 4.78 is 5.53. The first-order chi connectivity index (χ1) is 13.1. The van der Waals surface area contributed by atoms with Gasteiger partial charge in [0, 0.05) is 50.9 Å². The molecule has 3 heterocycles. The number of nitrogens with zero attached hydrogens (tertiary/aromatic N) is 4. The third-order valence-corrected chi connectivity index (χ3v) is 5.84. The quantitative estimate of drug-likeness (QED) is 0.592. The maximum Gasteiger partial charge on any atom is 0.293 e. The molecular weight excluding hydrogens is 348 g/mol. The number of piperazine rings is 1. The van der Waals surface area contributed by atoms with Gasteiger partial charge in [0.1, 0.15) is 5.69 Å². The molecule has 4 rings (SSSR count). The minimum atomic E-state index is -0.367. The van der Waals surface area contributed by atoms with E-state index < -0.39 is 0 Å². The highest BCUT2D eigenvalue weighted by Crippen LogP contribution is 2.32. The number of benzene rings is 1. The average molecular weight is 374 g/mol. The number of amides is 1. The predicted molar refractivity (Wildman–Crippen MR) is 101 cm³/mol. The molecule has 0 bridgehead atoms. The summed E-state index contributed by atoms with van der Waals surface area (Å²) in [6.45, 7) is 6.04. The van der Waals surface area contributed by atoms with Crippen molar-refractivity contribution in [3.63, 3.8) is 0 Å². The monoisotopic (exact) mass is 374 g/mol. The van der Waals surface area contributed by atoms with Crippen molar-refractivity contribution in [1.29, 1.82) is 0 Å². The highest BCUT2D eigenvalue weighted by molar-refractivity contribution is 5.96. The molecule has 0 aromatic heterocycles. The zero-order chi connectivity index (χ0) is 18.8. The zero-order valence-corrected chi connectivity index (χ0v) is 15.5. The summed E-state index contributed by atoms with van der Waals surface area (Å²) in [6, 6.07) is 5.16. The first kappa shape index (κ1) is 18.2. The fourth-order valence-electron chi connectivity index (χ4n) is 4.32. The lowest BCUT2D eigenvalue weighted by atomic mass is 10.1. The molecule has 0 aliphatic carbocycles. The van der Waals surface area contributed by atoms with Gasteiger partial charge in [-0.1, -0.05) is 0 Å². The molecule has 3 fully saturated rings. The molecule has 8 nitrogen and oxygen atoms in total. The van der Waals surface area contributed by atoms with E-state index in [0.29, 0.717) is 30.9 Å². The van der Waals surface area contributed by atoms with E-state index in [9.17, 15) is 14.9 Å². The molecule has 8 heteroatoms. The van der Waals surface area contributed by atoms with Gasteiger partial charge < -0.3 is 14.5 Å². The van der Waals surface area contributed by atoms with Crippen LogP contribution in [0, 0.1) is 10.1 Å². The predicted octanol–water partition coefficient (Wildman–Crippen LogP) is 1.74. The molecule has 1 aromatic rings. The van der Waals surface area contributed by atoms with Crippen molar-refractivity contribution >= 4 is 17.3 Å². The first-order valence-electron chi connectivity index (χ1n) is 9.78. The minimum absolute atomic E-state index is 0.0300. The van der Waals surface area contributed by atoms with Crippen LogP contribution in [0.4, 0.5) is 11.4 Å². The van der Waals surface area contributed by atoms with Crippen molar-refractivity contribution in [3.8, 4) is 0 Å². The van der Waals surface area contributed by atoms with Crippen LogP contribution in [0.2, 0.25) is 0 Å². The summed E-state index contributed by atoms with van der Waals surface area (Å²) in [4.78, 5) is 30.5. The van der Waals surface area contributed by atoms with Gasteiger partial charge in [-0.3, -0.25) is 19.8 Å². The van der Waals surface area contributed by atoms with E-state index in [-0.39, 0.29) is 22.6 Å². The highest BCUT2D eigenvalue weighted by Gasteiger charge is 2.33. The molecule has 1 unspecified atom stereocenters. The number of carbonyl (C=O) groups is 1. The Labute approximate surface area is 158 Å². The lowest BCUT2D eigenvalue weighted by molar-refractivity contribution is -0.384. The molecule has 0 N–H and O–H groups in total. The van der Waals surface area contributed by atoms with Crippen LogP contribution in [-0.4, -0.2) is 79.2 Å². The minimum Gasteiger partial charge on any atom is -0.378 e. The van der Waals surface area contributed by atoms with E-state index in [1.54, 1.807) is 17.0 Å². The van der Waals surface area contributed by atoms with Crippen LogP contribution in [0.3, 0.4) is 0 Å². The smallest absolute Gasteiger partial charge is 0.293 e. The van der Waals surface area contributed by atoms with Crippen molar-refractivity contribution in [1.82, 2.24) is 9.80 Å². The van der Waals surface area contributed by atoms with Crippen molar-refractivity contribution in [2.45, 2.75) is 25.3 Å². The normalized spacial score (nSPS) is 23.8. The van der Waals surface area contributed by atoms with E-state index in [4.69, 9.17) is 4.74 Å². The molecule has 0 saturated carbocycles. The molecule has 3 aliphatic rings. The second kappa shape index (κ2) is 7.82. The molecule has 1 atom stereocenters. The van der Waals surface area contributed by atoms with Gasteiger partial charge >= 0.3 is 0 Å². The summed E-state index contributed by atoms with van der Waals surface area (Å²) in [5.74, 6) is -0.131. The molecule has 146 valence electrons. The molecule has 3 saturated heterocycles. The Hall–Kier alpha value is -2.19. The number of hydrogen-bond donors (Lipinski definition) is 0. The van der Waals surface area contributed by atoms with Crippen LogP contribution in [-0.2, 0) is 4.74 Å². The number of nitro benzene ring substituents is 1. The van der Waals surface area contributed by atoms with E-state index in [2.05, 4.69) is 9.80 Å². The van der Waals surface area contributed by atoms with Gasteiger partial charge in [0.05, 0.1) is 24.2 Å². The fourth-order valence-corrected chi connectivity index (χ4v) is 4.32. The second-order valence-corrected chi connectivity index (χ2v) is 7.52. The zero-order valence-electron chi connectivity index (χ0n) is 15.5. The Morgan fingerprint density at radius 3 is 2.70 bits per heavy atom. The SMILES string of the molecule is O=C(c1ccc(N2CCCCC2)c([N+](=O)[O-])c1)N1CCN2CCOCC2C1. The summed E-state index contributed by atoms with van der Waals surface area (Å²) >= 11 is 0. The van der Waals surface area contributed by atoms with Crippen molar-refractivity contribution in [2.75, 3.05) is 57.4 Å². The van der Waals surface area contributed by atoms with Gasteiger partial charge in [-0.15, -0.1) is 0 Å². The van der Waals surface area contributed by atoms with Crippen molar-refractivity contribution in [2.24, 2.45) is 0 Å². The maximum absolute atomic E-state index is 13.0. The number of fused-ring (bicyclic) bond motifs is 1. The largest absolute Gasteiger partial charge is 0.378 e. The Morgan fingerprint density at radius 1 is 1.11 bits per heavy atom. The Kier molecular flexibility index (Phi) is 5.27. The van der Waals surface area contributed by atoms with E-state index in [1.807, 2.05) is 0 Å². The van der Waals surface area contributed by atoms with Crippen LogP contribution in [0.5, 0.6) is 0 Å². The van der Waals surface area contributed by atoms with E-state index >= 15 is 0 Å². The third kappa shape index (κ3) is 3.77. The van der Waals surface area contributed by atoms with Gasteiger partial charge in [-0.2, -0.15) is 0 Å². The van der Waals surface area contributed by atoms with E-state index in [1.165, 1.54) is 6.07 Å². The van der Waals surface area contributed by atoms with Gasteiger partial charge in [0.15, 0.2) is 0 Å². The highest BCUT2D eigenvalue weighted by atomic mass is 16.6. The van der Waals surface area contributed by atoms with Crippen LogP contribution in [0.15, 0.2) is 18.2 Å². The standard InChI is InChI=1S/C19H26N4O4/c24-19(22-9-8-20-10-11-27-14-16(20)13-22)15-4-5-17(18(12-15)23(25)26)21-6-2-1-3-7-21/h4-5,12,16H,1-3,6-11,13-14H2. The number of hydrogen-bond acceptors (Lipinski definition) is 6. The third-order valence-electron chi connectivity index (χ3n) is 5.84. The van der Waals surface area contributed by atoms with Crippen LogP contribution in [0.25, 0.3) is 0 Å². The summed E-state index contributed by atoms with van der Waals surface area (Å²) in [6.07, 6.45) is 3.26. The topological polar surface area (TPSA) is 79.2 Å². The van der Waals surface area contributed by atoms with Crippen LogP contribution < -0.4 is 4.90 Å². The van der Waals surface area contributed by atoms with Crippen LogP contribution in [0.1, 0.15) is 29.6 Å². The van der Waals surface area contributed by atoms with E-state index in [0.717, 1.165) is 52.0 Å². The molecule has 0 spiro atoms. The number of carbonyl (C=O) groups excluding carboxylic acids is 1. The lowest BCUT2D eigenvalue weighted by Gasteiger charge is -2.43. The van der Waals surface area contributed by atoms with Crippen LogP contribution >= 0.6 is 0 Å². The number of nitro groups is 1. The molecule has 1 amide bonds. The van der Waals surface area contributed by atoms with Gasteiger partial charge in [-0.25, -0.2) is 0 Å². The number of rotatable bonds is 3. The Morgan fingerprint density at radius 2 is 1.93 bits per heavy atom. The molecule has 3 aliphatic heterocycles. The number of anilines is 1. The Bertz CT molecular complexity index is 720. The van der Waals surface area contributed by atoms with Crippen molar-refractivity contribution < 1.29 is 14.5 Å². The lowest BCUT2D eigenvalue weighted by Crippen LogP contribution is -2.59. The molecule has 27 heavy (non-hydrogen) atoms. The van der Waals surface area contributed by atoms with Crippen molar-refractivity contribution in [3.05, 3.63) is 33.9 Å². The van der Waals surface area contributed by atoms with Gasteiger partial charge in [0.25, 0.3) is 11.6 Å². The Balaban J connectivity index is 1.53. The average Bonchev–Trinajstić information content (AvgIpc) is 2.73. The number of morpholine rings is 1. The summed E-state index contributed by atoms with van der Waals surface area (Å²) in [5, 5.41) is 11.6. The fraction of sp³-hybridized carbons (Fsp3) is 0.632. The van der Waals surface area contributed by atoms with Gasteiger partial charge in [0.2, 0.25) is 0 Å². The number of ether oxygens (including phenoxy) is 1. The summed E-state index contributed by atoms with van der Waals surface area (Å²) in [5.41, 5.74) is 1.05. The summed E-state index contributed by atoms with van der Waals surface area (Å²) in [7, 11) is 0. The second-order valence-electron chi connectivity index (χ2n) is 7.52. The molecular formula is C19H26N4O4. The van der Waals surface area contributed by atoms with Gasteiger partial charge in [-0.05, 0) is 31.4 Å². The molecule has 1 aromatic carbocycles. The molecule has 0 radical (unpaired) electrons. The first-order valence-corrected chi connectivity index (χ1v) is 9.78. The maximum atomic E-state index is 13.0.